The summed E-state index contributed by atoms with van der Waals surface area (Å²) in [6.07, 6.45) is 0.946. The highest BCUT2D eigenvalue weighted by Gasteiger charge is 2.35. The average molecular weight is 295 g/mol. The summed E-state index contributed by atoms with van der Waals surface area (Å²) in [5.74, 6) is 0.364. The maximum absolute atomic E-state index is 12.2. The predicted octanol–water partition coefficient (Wildman–Crippen LogP) is 3.33. The number of carboxylic acid groups (broad SMARTS) is 1. The molecule has 0 aliphatic rings. The first kappa shape index (κ1) is 17.3. The number of aryl methyl sites for hydroxylation is 1. The second kappa shape index (κ2) is 6.78. The van der Waals surface area contributed by atoms with E-state index in [0.717, 1.165) is 5.76 Å². The SMILES string of the molecule is CCC(CC)(CNC(=O)c1cc(C(C)C)oc1C)C(=O)O. The lowest BCUT2D eigenvalue weighted by Crippen LogP contribution is -2.42. The molecule has 0 saturated heterocycles. The maximum Gasteiger partial charge on any atom is 0.311 e. The molecule has 0 unspecified atom stereocenters. The van der Waals surface area contributed by atoms with Crippen molar-refractivity contribution in [3.8, 4) is 0 Å². The molecule has 0 aliphatic carbocycles. The Kier molecular flexibility index (Phi) is 5.58. The zero-order valence-electron chi connectivity index (χ0n) is 13.4. The van der Waals surface area contributed by atoms with E-state index in [-0.39, 0.29) is 18.4 Å². The van der Waals surface area contributed by atoms with Crippen LogP contribution in [0.25, 0.3) is 0 Å². The van der Waals surface area contributed by atoms with Gasteiger partial charge in [0.2, 0.25) is 0 Å². The maximum atomic E-state index is 12.2. The Morgan fingerprint density at radius 2 is 1.90 bits per heavy atom. The van der Waals surface area contributed by atoms with E-state index in [1.165, 1.54) is 0 Å². The Balaban J connectivity index is 2.84. The van der Waals surface area contributed by atoms with Gasteiger partial charge < -0.3 is 14.8 Å². The van der Waals surface area contributed by atoms with Gasteiger partial charge in [0, 0.05) is 12.5 Å². The first-order valence-corrected chi connectivity index (χ1v) is 7.39. The Bertz CT molecular complexity index is 512. The molecule has 118 valence electrons. The molecule has 1 heterocycles. The third-order valence-corrected chi connectivity index (χ3v) is 4.15. The van der Waals surface area contributed by atoms with Gasteiger partial charge in [-0.25, -0.2) is 0 Å². The lowest BCUT2D eigenvalue weighted by atomic mass is 9.82. The van der Waals surface area contributed by atoms with Crippen LogP contribution in [0.3, 0.4) is 0 Å². The standard InChI is InChI=1S/C16H25NO4/c1-6-16(7-2,15(19)20)9-17-14(18)12-8-13(10(3)4)21-11(12)5/h8,10H,6-7,9H2,1-5H3,(H,17,18)(H,19,20). The van der Waals surface area contributed by atoms with Crippen molar-refractivity contribution in [1.29, 1.82) is 0 Å². The van der Waals surface area contributed by atoms with Gasteiger partial charge in [-0.15, -0.1) is 0 Å². The first-order chi connectivity index (χ1) is 9.77. The van der Waals surface area contributed by atoms with E-state index >= 15 is 0 Å². The number of carboxylic acids is 1. The number of rotatable bonds is 7. The number of amides is 1. The van der Waals surface area contributed by atoms with Crippen LogP contribution in [0, 0.1) is 12.3 Å². The topological polar surface area (TPSA) is 79.5 Å². The summed E-state index contributed by atoms with van der Waals surface area (Å²) in [6.45, 7) is 9.49. The molecule has 0 saturated carbocycles. The number of aliphatic carboxylic acids is 1. The van der Waals surface area contributed by atoms with Crippen molar-refractivity contribution >= 4 is 11.9 Å². The highest BCUT2D eigenvalue weighted by atomic mass is 16.4. The van der Waals surface area contributed by atoms with Crippen LogP contribution in [0.1, 0.15) is 68.3 Å². The fourth-order valence-corrected chi connectivity index (χ4v) is 2.24. The molecule has 1 rings (SSSR count). The average Bonchev–Trinajstić information content (AvgIpc) is 2.82. The Morgan fingerprint density at radius 3 is 2.29 bits per heavy atom. The lowest BCUT2D eigenvalue weighted by molar-refractivity contribution is -0.149. The van der Waals surface area contributed by atoms with E-state index in [4.69, 9.17) is 4.42 Å². The van der Waals surface area contributed by atoms with Gasteiger partial charge in [-0.1, -0.05) is 27.7 Å². The van der Waals surface area contributed by atoms with Crippen LogP contribution in [0.4, 0.5) is 0 Å². The predicted molar refractivity (Wildman–Crippen MR) is 80.5 cm³/mol. The molecule has 5 nitrogen and oxygen atoms in total. The van der Waals surface area contributed by atoms with Crippen LogP contribution in [0.15, 0.2) is 10.5 Å². The third kappa shape index (κ3) is 3.65. The van der Waals surface area contributed by atoms with Gasteiger partial charge in [0.05, 0.1) is 11.0 Å². The van der Waals surface area contributed by atoms with Gasteiger partial charge >= 0.3 is 5.97 Å². The number of carbonyl (C=O) groups is 2. The van der Waals surface area contributed by atoms with Crippen LogP contribution < -0.4 is 5.32 Å². The fourth-order valence-electron chi connectivity index (χ4n) is 2.24. The van der Waals surface area contributed by atoms with E-state index in [1.54, 1.807) is 13.0 Å². The second-order valence-electron chi connectivity index (χ2n) is 5.75. The lowest BCUT2D eigenvalue weighted by Gasteiger charge is -2.26. The van der Waals surface area contributed by atoms with Crippen molar-refractivity contribution in [3.63, 3.8) is 0 Å². The fraction of sp³-hybridized carbons (Fsp3) is 0.625. The molecule has 5 heteroatoms. The van der Waals surface area contributed by atoms with Crippen molar-refractivity contribution in [2.24, 2.45) is 5.41 Å². The molecule has 0 fully saturated rings. The molecule has 1 aromatic rings. The molecule has 2 N–H and O–H groups in total. The summed E-state index contributed by atoms with van der Waals surface area (Å²) < 4.78 is 5.55. The van der Waals surface area contributed by atoms with Crippen molar-refractivity contribution < 1.29 is 19.1 Å². The quantitative estimate of drug-likeness (QED) is 0.808. The van der Waals surface area contributed by atoms with Gasteiger partial charge in [0.25, 0.3) is 5.91 Å². The summed E-state index contributed by atoms with van der Waals surface area (Å²) in [7, 11) is 0. The van der Waals surface area contributed by atoms with Crippen LogP contribution in [0.5, 0.6) is 0 Å². The molecule has 1 aromatic heterocycles. The van der Waals surface area contributed by atoms with E-state index in [2.05, 4.69) is 5.32 Å². The van der Waals surface area contributed by atoms with Gasteiger partial charge in [-0.2, -0.15) is 0 Å². The van der Waals surface area contributed by atoms with Crippen molar-refractivity contribution in [2.75, 3.05) is 6.54 Å². The van der Waals surface area contributed by atoms with E-state index in [9.17, 15) is 14.7 Å². The minimum Gasteiger partial charge on any atom is -0.481 e. The van der Waals surface area contributed by atoms with Gasteiger partial charge in [0.1, 0.15) is 11.5 Å². The molecule has 21 heavy (non-hydrogen) atoms. The molecule has 0 aliphatic heterocycles. The third-order valence-electron chi connectivity index (χ3n) is 4.15. The second-order valence-corrected chi connectivity index (χ2v) is 5.75. The molecule has 0 spiro atoms. The van der Waals surface area contributed by atoms with Crippen LogP contribution in [-0.2, 0) is 4.79 Å². The van der Waals surface area contributed by atoms with Gasteiger partial charge in [-0.3, -0.25) is 9.59 Å². The monoisotopic (exact) mass is 295 g/mol. The number of hydrogen-bond acceptors (Lipinski definition) is 3. The summed E-state index contributed by atoms with van der Waals surface area (Å²) in [5, 5.41) is 12.1. The normalized spacial score (nSPS) is 11.7. The highest BCUT2D eigenvalue weighted by Crippen LogP contribution is 2.26. The summed E-state index contributed by atoms with van der Waals surface area (Å²) >= 11 is 0. The van der Waals surface area contributed by atoms with Crippen LogP contribution in [-0.4, -0.2) is 23.5 Å². The van der Waals surface area contributed by atoms with Crippen molar-refractivity contribution in [1.82, 2.24) is 5.32 Å². The number of nitrogens with one attached hydrogen (secondary N) is 1. The molecule has 0 radical (unpaired) electrons. The van der Waals surface area contributed by atoms with Crippen molar-refractivity contribution in [3.05, 3.63) is 23.2 Å². The molecular weight excluding hydrogens is 270 g/mol. The van der Waals surface area contributed by atoms with E-state index in [0.29, 0.717) is 24.2 Å². The zero-order chi connectivity index (χ0) is 16.2. The summed E-state index contributed by atoms with van der Waals surface area (Å²) in [5.41, 5.74) is -0.432. The molecule has 0 atom stereocenters. The highest BCUT2D eigenvalue weighted by molar-refractivity contribution is 5.95. The van der Waals surface area contributed by atoms with E-state index < -0.39 is 11.4 Å². The first-order valence-electron chi connectivity index (χ1n) is 7.39. The largest absolute Gasteiger partial charge is 0.481 e. The van der Waals surface area contributed by atoms with Crippen LogP contribution in [0.2, 0.25) is 0 Å². The number of hydrogen-bond donors (Lipinski definition) is 2. The summed E-state index contributed by atoms with van der Waals surface area (Å²) in [6, 6.07) is 1.73. The molecule has 0 bridgehead atoms. The summed E-state index contributed by atoms with van der Waals surface area (Å²) in [4.78, 5) is 23.7. The zero-order valence-corrected chi connectivity index (χ0v) is 13.4. The number of furan rings is 1. The molecule has 0 aromatic carbocycles. The molecular formula is C16H25NO4. The minimum atomic E-state index is -0.909. The van der Waals surface area contributed by atoms with E-state index in [1.807, 2.05) is 27.7 Å². The molecule has 1 amide bonds. The van der Waals surface area contributed by atoms with Gasteiger partial charge in [-0.05, 0) is 25.8 Å². The Labute approximate surface area is 125 Å². The Hall–Kier alpha value is -1.78. The van der Waals surface area contributed by atoms with Crippen molar-refractivity contribution in [2.45, 2.75) is 53.4 Å². The minimum absolute atomic E-state index is 0.121. The smallest absolute Gasteiger partial charge is 0.311 e. The van der Waals surface area contributed by atoms with Crippen LogP contribution >= 0.6 is 0 Å². The van der Waals surface area contributed by atoms with Gasteiger partial charge in [0.15, 0.2) is 0 Å². The number of carbonyl (C=O) groups excluding carboxylic acids is 1. The Morgan fingerprint density at radius 1 is 1.33 bits per heavy atom.